The summed E-state index contributed by atoms with van der Waals surface area (Å²) in [5.74, 6) is 0. The van der Waals surface area contributed by atoms with Crippen molar-refractivity contribution in [2.24, 2.45) is 0 Å². The highest BCUT2D eigenvalue weighted by Crippen LogP contribution is 2.24. The quantitative estimate of drug-likeness (QED) is 0.684. The maximum absolute atomic E-state index is 12.0. The number of benzene rings is 1. The minimum absolute atomic E-state index is 0.0434. The Morgan fingerprint density at radius 2 is 2.00 bits per heavy atom. The first kappa shape index (κ1) is 15.6. The molecule has 0 atom stereocenters. The first-order valence-electron chi connectivity index (χ1n) is 7.24. The van der Waals surface area contributed by atoms with Gasteiger partial charge in [0.05, 0.1) is 18.9 Å². The van der Waals surface area contributed by atoms with Crippen molar-refractivity contribution in [3.8, 4) is 17.3 Å². The van der Waals surface area contributed by atoms with Crippen molar-refractivity contribution in [3.63, 3.8) is 0 Å². The number of nitriles is 1. The van der Waals surface area contributed by atoms with Gasteiger partial charge in [0.2, 0.25) is 0 Å². The molecule has 1 aliphatic rings. The second kappa shape index (κ2) is 6.86. The molecule has 6 nitrogen and oxygen atoms in total. The van der Waals surface area contributed by atoms with Crippen molar-refractivity contribution in [2.45, 2.75) is 5.16 Å². The van der Waals surface area contributed by atoms with Gasteiger partial charge < -0.3 is 14.6 Å². The van der Waals surface area contributed by atoms with Crippen LogP contribution in [-0.4, -0.2) is 42.5 Å². The zero-order valence-electron chi connectivity index (χ0n) is 12.7. The van der Waals surface area contributed by atoms with E-state index in [0.29, 0.717) is 10.9 Å². The third kappa shape index (κ3) is 3.23. The van der Waals surface area contributed by atoms with Gasteiger partial charge in [-0.1, -0.05) is 23.9 Å². The molecule has 23 heavy (non-hydrogen) atoms. The van der Waals surface area contributed by atoms with E-state index >= 15 is 0 Å². The molecule has 1 fully saturated rings. The minimum Gasteiger partial charge on any atom is -0.378 e. The summed E-state index contributed by atoms with van der Waals surface area (Å²) in [5, 5.41) is 9.74. The van der Waals surface area contributed by atoms with Crippen LogP contribution < -0.4 is 10.5 Å². The fourth-order valence-corrected chi connectivity index (χ4v) is 2.89. The molecular formula is C16H16N4O2S. The fourth-order valence-electron chi connectivity index (χ4n) is 2.51. The standard InChI is InChI=1S/C16H16N4O2S/c1-23-16-18-14(13(10-17)15(21)19-16)11-2-4-12(5-3-11)20-6-8-22-9-7-20/h2-5H,6-9H2,1H3,(H,18,19,21). The molecule has 0 bridgehead atoms. The highest BCUT2D eigenvalue weighted by atomic mass is 32.2. The molecule has 2 heterocycles. The number of hydrogen-bond acceptors (Lipinski definition) is 6. The van der Waals surface area contributed by atoms with Crippen LogP contribution >= 0.6 is 11.8 Å². The minimum atomic E-state index is -0.404. The maximum Gasteiger partial charge on any atom is 0.270 e. The van der Waals surface area contributed by atoms with Crippen molar-refractivity contribution in [2.75, 3.05) is 37.5 Å². The van der Waals surface area contributed by atoms with Gasteiger partial charge in [0, 0.05) is 24.3 Å². The van der Waals surface area contributed by atoms with E-state index in [4.69, 9.17) is 4.74 Å². The number of nitrogens with one attached hydrogen (secondary N) is 1. The number of H-pyrrole nitrogens is 1. The molecular weight excluding hydrogens is 312 g/mol. The van der Waals surface area contributed by atoms with Crippen LogP contribution in [0.2, 0.25) is 0 Å². The van der Waals surface area contributed by atoms with E-state index in [-0.39, 0.29) is 5.56 Å². The molecule has 3 rings (SSSR count). The van der Waals surface area contributed by atoms with Gasteiger partial charge in [-0.3, -0.25) is 4.79 Å². The fraction of sp³-hybridized carbons (Fsp3) is 0.312. The lowest BCUT2D eigenvalue weighted by Gasteiger charge is -2.28. The Morgan fingerprint density at radius 1 is 1.30 bits per heavy atom. The first-order valence-corrected chi connectivity index (χ1v) is 8.47. The molecule has 7 heteroatoms. The third-order valence-electron chi connectivity index (χ3n) is 3.72. The summed E-state index contributed by atoms with van der Waals surface area (Å²) in [7, 11) is 0. The number of morpholine rings is 1. The lowest BCUT2D eigenvalue weighted by atomic mass is 10.1. The first-order chi connectivity index (χ1) is 11.2. The number of ether oxygens (including phenoxy) is 1. The number of anilines is 1. The predicted octanol–water partition coefficient (Wildman–Crippen LogP) is 1.87. The van der Waals surface area contributed by atoms with Crippen LogP contribution in [0.15, 0.2) is 34.2 Å². The Kier molecular flexibility index (Phi) is 4.65. The van der Waals surface area contributed by atoms with Gasteiger partial charge in [-0.15, -0.1) is 0 Å². The number of nitrogens with zero attached hydrogens (tertiary/aromatic N) is 3. The van der Waals surface area contributed by atoms with Gasteiger partial charge in [0.15, 0.2) is 5.16 Å². The molecule has 0 saturated carbocycles. The Hall–Kier alpha value is -2.30. The van der Waals surface area contributed by atoms with Crippen molar-refractivity contribution in [3.05, 3.63) is 40.2 Å². The molecule has 0 amide bonds. The molecule has 1 aromatic carbocycles. The predicted molar refractivity (Wildman–Crippen MR) is 89.8 cm³/mol. The van der Waals surface area contributed by atoms with Crippen molar-refractivity contribution in [1.82, 2.24) is 9.97 Å². The summed E-state index contributed by atoms with van der Waals surface area (Å²) in [4.78, 5) is 21.2. The lowest BCUT2D eigenvalue weighted by Crippen LogP contribution is -2.36. The van der Waals surface area contributed by atoms with Gasteiger partial charge in [-0.25, -0.2) is 4.98 Å². The van der Waals surface area contributed by atoms with Crippen molar-refractivity contribution < 1.29 is 4.74 Å². The zero-order chi connectivity index (χ0) is 16.2. The van der Waals surface area contributed by atoms with Crippen molar-refractivity contribution >= 4 is 17.4 Å². The summed E-state index contributed by atoms with van der Waals surface area (Å²) in [5.41, 5.74) is 1.93. The van der Waals surface area contributed by atoms with E-state index in [1.807, 2.05) is 36.6 Å². The van der Waals surface area contributed by atoms with Crippen LogP contribution in [0.4, 0.5) is 5.69 Å². The summed E-state index contributed by atoms with van der Waals surface area (Å²) < 4.78 is 5.35. The highest BCUT2D eigenvalue weighted by Gasteiger charge is 2.15. The molecule has 1 N–H and O–H groups in total. The Morgan fingerprint density at radius 3 is 2.61 bits per heavy atom. The average molecular weight is 328 g/mol. The summed E-state index contributed by atoms with van der Waals surface area (Å²) in [6.07, 6.45) is 1.83. The largest absolute Gasteiger partial charge is 0.378 e. The number of hydrogen-bond donors (Lipinski definition) is 1. The zero-order valence-corrected chi connectivity index (χ0v) is 13.5. The molecule has 1 aromatic heterocycles. The van der Waals surface area contributed by atoms with Crippen LogP contribution in [0.5, 0.6) is 0 Å². The monoisotopic (exact) mass is 328 g/mol. The van der Waals surface area contributed by atoms with E-state index in [1.165, 1.54) is 11.8 Å². The smallest absolute Gasteiger partial charge is 0.270 e. The third-order valence-corrected chi connectivity index (χ3v) is 4.30. The van der Waals surface area contributed by atoms with Gasteiger partial charge in [-0.2, -0.15) is 5.26 Å². The van der Waals surface area contributed by atoms with Crippen LogP contribution in [0.3, 0.4) is 0 Å². The van der Waals surface area contributed by atoms with E-state index in [0.717, 1.165) is 37.6 Å². The Labute approximate surface area is 138 Å². The molecule has 2 aromatic rings. The molecule has 0 unspecified atom stereocenters. The van der Waals surface area contributed by atoms with Gasteiger partial charge in [-0.05, 0) is 18.4 Å². The van der Waals surface area contributed by atoms with E-state index in [2.05, 4.69) is 14.9 Å². The SMILES string of the molecule is CSc1nc(-c2ccc(N3CCOCC3)cc2)c(C#N)c(=O)[nH]1. The molecule has 118 valence electrons. The molecule has 1 aliphatic heterocycles. The average Bonchev–Trinajstić information content (AvgIpc) is 2.62. The van der Waals surface area contributed by atoms with Crippen LogP contribution in [0, 0.1) is 11.3 Å². The normalized spacial score (nSPS) is 14.5. The van der Waals surface area contributed by atoms with Crippen LogP contribution in [-0.2, 0) is 4.74 Å². The number of aromatic amines is 1. The number of rotatable bonds is 3. The molecule has 0 aliphatic carbocycles. The Bertz CT molecular complexity index is 789. The molecule has 0 radical (unpaired) electrons. The van der Waals surface area contributed by atoms with E-state index < -0.39 is 5.56 Å². The van der Waals surface area contributed by atoms with E-state index in [1.54, 1.807) is 0 Å². The van der Waals surface area contributed by atoms with Crippen molar-refractivity contribution in [1.29, 1.82) is 5.26 Å². The second-order valence-corrected chi connectivity index (χ2v) is 5.85. The van der Waals surface area contributed by atoms with Crippen LogP contribution in [0.1, 0.15) is 5.56 Å². The summed E-state index contributed by atoms with van der Waals surface area (Å²) >= 11 is 1.34. The second-order valence-electron chi connectivity index (χ2n) is 5.06. The van der Waals surface area contributed by atoms with Gasteiger partial charge in [0.1, 0.15) is 11.6 Å². The summed E-state index contributed by atoms with van der Waals surface area (Å²) in [6.45, 7) is 3.19. The lowest BCUT2D eigenvalue weighted by molar-refractivity contribution is 0.122. The molecule has 1 saturated heterocycles. The number of aromatic nitrogens is 2. The summed E-state index contributed by atoms with van der Waals surface area (Å²) in [6, 6.07) is 9.73. The molecule has 0 spiro atoms. The van der Waals surface area contributed by atoms with E-state index in [9.17, 15) is 10.1 Å². The highest BCUT2D eigenvalue weighted by molar-refractivity contribution is 7.98. The van der Waals surface area contributed by atoms with Crippen LogP contribution in [0.25, 0.3) is 11.3 Å². The maximum atomic E-state index is 12.0. The topological polar surface area (TPSA) is 82.0 Å². The number of thioether (sulfide) groups is 1. The Balaban J connectivity index is 1.97. The van der Waals surface area contributed by atoms with Gasteiger partial charge >= 0.3 is 0 Å². The van der Waals surface area contributed by atoms with Gasteiger partial charge in [0.25, 0.3) is 5.56 Å².